The number of carbonyl (C=O) groups excluding carboxylic acids is 2. The Morgan fingerprint density at radius 1 is 1.08 bits per heavy atom. The maximum absolute atomic E-state index is 12.1. The molecule has 0 spiro atoms. The topological polar surface area (TPSA) is 78.4 Å². The summed E-state index contributed by atoms with van der Waals surface area (Å²) in [6.07, 6.45) is -0.360. The quantitative estimate of drug-likeness (QED) is 0.715. The summed E-state index contributed by atoms with van der Waals surface area (Å²) in [6.45, 7) is 10.6. The van der Waals surface area contributed by atoms with Crippen LogP contribution >= 0.6 is 0 Å². The Morgan fingerprint density at radius 3 is 2.17 bits per heavy atom. The minimum Gasteiger partial charge on any atom is -0.391 e. The van der Waals surface area contributed by atoms with Gasteiger partial charge in [0.2, 0.25) is 5.91 Å². The second-order valence-electron chi connectivity index (χ2n) is 7.45. The molecule has 1 atom stereocenters. The molecule has 134 valence electrons. The van der Waals surface area contributed by atoms with Crippen molar-refractivity contribution in [3.8, 4) is 0 Å². The van der Waals surface area contributed by atoms with E-state index in [1.807, 2.05) is 26.0 Å². The summed E-state index contributed by atoms with van der Waals surface area (Å²) in [4.78, 5) is 23.7. The summed E-state index contributed by atoms with van der Waals surface area (Å²) >= 11 is 0. The van der Waals surface area contributed by atoms with Gasteiger partial charge in [-0.2, -0.15) is 0 Å². The van der Waals surface area contributed by atoms with Crippen LogP contribution < -0.4 is 10.6 Å². The van der Waals surface area contributed by atoms with E-state index in [0.29, 0.717) is 5.56 Å². The zero-order valence-corrected chi connectivity index (χ0v) is 15.3. The molecule has 1 aromatic carbocycles. The fourth-order valence-corrected chi connectivity index (χ4v) is 2.06. The predicted molar refractivity (Wildman–Crippen MR) is 95.9 cm³/mol. The molecular weight excluding hydrogens is 304 g/mol. The first-order valence-corrected chi connectivity index (χ1v) is 8.44. The highest BCUT2D eigenvalue weighted by atomic mass is 16.3. The van der Waals surface area contributed by atoms with Gasteiger partial charge in [0.05, 0.1) is 6.10 Å². The van der Waals surface area contributed by atoms with Crippen molar-refractivity contribution in [1.82, 2.24) is 10.6 Å². The molecule has 0 fully saturated rings. The van der Waals surface area contributed by atoms with Gasteiger partial charge < -0.3 is 15.7 Å². The van der Waals surface area contributed by atoms with Crippen molar-refractivity contribution in [2.24, 2.45) is 5.92 Å². The lowest BCUT2D eigenvalue weighted by atomic mass is 9.87. The Kier molecular flexibility index (Phi) is 7.42. The van der Waals surface area contributed by atoms with Crippen molar-refractivity contribution in [1.29, 1.82) is 0 Å². The summed E-state index contributed by atoms with van der Waals surface area (Å²) in [5.74, 6) is -0.273. The van der Waals surface area contributed by atoms with Gasteiger partial charge in [0.15, 0.2) is 0 Å². The molecule has 5 heteroatoms. The number of benzene rings is 1. The van der Waals surface area contributed by atoms with E-state index < -0.39 is 6.10 Å². The highest BCUT2D eigenvalue weighted by Gasteiger charge is 2.14. The van der Waals surface area contributed by atoms with Crippen molar-refractivity contribution < 1.29 is 14.7 Å². The highest BCUT2D eigenvalue weighted by Crippen LogP contribution is 2.22. The Labute approximate surface area is 144 Å². The summed E-state index contributed by atoms with van der Waals surface area (Å²) in [5.41, 5.74) is 1.80. The smallest absolute Gasteiger partial charge is 0.251 e. The molecule has 1 unspecified atom stereocenters. The Hall–Kier alpha value is -1.88. The van der Waals surface area contributed by atoms with Crippen LogP contribution in [-0.2, 0) is 10.2 Å². The van der Waals surface area contributed by atoms with Gasteiger partial charge in [-0.15, -0.1) is 0 Å². The molecule has 2 amide bonds. The van der Waals surface area contributed by atoms with E-state index in [2.05, 4.69) is 31.4 Å². The van der Waals surface area contributed by atoms with Gasteiger partial charge in [-0.1, -0.05) is 46.8 Å². The first kappa shape index (κ1) is 20.2. The van der Waals surface area contributed by atoms with Crippen LogP contribution in [0, 0.1) is 5.92 Å². The molecule has 0 saturated heterocycles. The molecule has 5 nitrogen and oxygen atoms in total. The van der Waals surface area contributed by atoms with Crippen molar-refractivity contribution in [2.75, 3.05) is 13.1 Å². The molecule has 24 heavy (non-hydrogen) atoms. The average molecular weight is 334 g/mol. The van der Waals surface area contributed by atoms with E-state index in [0.717, 1.165) is 0 Å². The van der Waals surface area contributed by atoms with E-state index in [1.54, 1.807) is 12.1 Å². The van der Waals surface area contributed by atoms with Crippen LogP contribution in [0.1, 0.15) is 57.0 Å². The van der Waals surface area contributed by atoms with Gasteiger partial charge in [0.1, 0.15) is 0 Å². The van der Waals surface area contributed by atoms with Crippen LogP contribution in [0.25, 0.3) is 0 Å². The van der Waals surface area contributed by atoms with Crippen molar-refractivity contribution in [2.45, 2.75) is 52.6 Å². The minimum atomic E-state index is -0.551. The number of aliphatic hydroxyl groups excluding tert-OH is 1. The zero-order chi connectivity index (χ0) is 18.3. The van der Waals surface area contributed by atoms with Gasteiger partial charge in [0, 0.05) is 25.1 Å². The van der Waals surface area contributed by atoms with Gasteiger partial charge in [0.25, 0.3) is 5.91 Å². The second kappa shape index (κ2) is 8.83. The minimum absolute atomic E-state index is 0.0493. The third-order valence-corrected chi connectivity index (χ3v) is 3.93. The van der Waals surface area contributed by atoms with Crippen LogP contribution in [-0.4, -0.2) is 36.1 Å². The molecule has 1 aromatic rings. The molecule has 0 aliphatic carbocycles. The van der Waals surface area contributed by atoms with Crippen molar-refractivity contribution in [3.05, 3.63) is 35.4 Å². The molecule has 0 heterocycles. The number of hydrogen-bond acceptors (Lipinski definition) is 3. The highest BCUT2D eigenvalue weighted by molar-refractivity contribution is 5.94. The Bertz CT molecular complexity index is 545. The molecule has 0 bridgehead atoms. The third kappa shape index (κ3) is 6.71. The molecule has 0 aliphatic heterocycles. The van der Waals surface area contributed by atoms with Gasteiger partial charge in [-0.25, -0.2) is 0 Å². The molecule has 0 aliphatic rings. The summed E-state index contributed by atoms with van der Waals surface area (Å²) in [6, 6.07) is 7.51. The predicted octanol–water partition coefficient (Wildman–Crippen LogP) is 2.24. The van der Waals surface area contributed by atoms with Gasteiger partial charge in [-0.3, -0.25) is 9.59 Å². The lowest BCUT2D eigenvalue weighted by Gasteiger charge is -2.19. The number of carbonyl (C=O) groups is 2. The Balaban J connectivity index is 2.37. The molecule has 0 aromatic heterocycles. The standard InChI is InChI=1S/C19H30N2O3/c1-13(2)16(22)12-21-17(23)10-11-20-18(24)14-6-8-15(9-7-14)19(3,4)5/h6-9,13,16,22H,10-12H2,1-5H3,(H,20,24)(H,21,23). The maximum atomic E-state index is 12.1. The van der Waals surface area contributed by atoms with E-state index in [4.69, 9.17) is 0 Å². The number of aliphatic hydroxyl groups is 1. The number of rotatable bonds is 7. The lowest BCUT2D eigenvalue weighted by Crippen LogP contribution is -2.36. The number of amides is 2. The van der Waals surface area contributed by atoms with Crippen LogP contribution in [0.5, 0.6) is 0 Å². The number of hydrogen-bond donors (Lipinski definition) is 3. The van der Waals surface area contributed by atoms with Crippen LogP contribution in [0.4, 0.5) is 0 Å². The van der Waals surface area contributed by atoms with E-state index in [-0.39, 0.29) is 42.7 Å². The first-order chi connectivity index (χ1) is 11.1. The SMILES string of the molecule is CC(C)C(O)CNC(=O)CCNC(=O)c1ccc(C(C)(C)C)cc1. The fourth-order valence-electron chi connectivity index (χ4n) is 2.06. The summed E-state index contributed by atoms with van der Waals surface area (Å²) < 4.78 is 0. The zero-order valence-electron chi connectivity index (χ0n) is 15.3. The van der Waals surface area contributed by atoms with Gasteiger partial charge in [-0.05, 0) is 29.0 Å². The molecule has 3 N–H and O–H groups in total. The Morgan fingerprint density at radius 2 is 1.67 bits per heavy atom. The second-order valence-corrected chi connectivity index (χ2v) is 7.45. The molecule has 0 saturated carbocycles. The summed E-state index contributed by atoms with van der Waals surface area (Å²) in [5, 5.41) is 15.0. The van der Waals surface area contributed by atoms with Crippen LogP contribution in [0.3, 0.4) is 0 Å². The van der Waals surface area contributed by atoms with Crippen LogP contribution in [0.2, 0.25) is 0 Å². The summed E-state index contributed by atoms with van der Waals surface area (Å²) in [7, 11) is 0. The molecule has 1 rings (SSSR count). The third-order valence-electron chi connectivity index (χ3n) is 3.93. The van der Waals surface area contributed by atoms with E-state index in [1.165, 1.54) is 5.56 Å². The van der Waals surface area contributed by atoms with E-state index >= 15 is 0 Å². The lowest BCUT2D eigenvalue weighted by molar-refractivity contribution is -0.121. The average Bonchev–Trinajstić information content (AvgIpc) is 2.51. The largest absolute Gasteiger partial charge is 0.391 e. The first-order valence-electron chi connectivity index (χ1n) is 8.44. The maximum Gasteiger partial charge on any atom is 0.251 e. The van der Waals surface area contributed by atoms with Crippen molar-refractivity contribution >= 4 is 11.8 Å². The van der Waals surface area contributed by atoms with Crippen molar-refractivity contribution in [3.63, 3.8) is 0 Å². The number of nitrogens with one attached hydrogen (secondary N) is 2. The fraction of sp³-hybridized carbons (Fsp3) is 0.579. The monoisotopic (exact) mass is 334 g/mol. The molecule has 0 radical (unpaired) electrons. The van der Waals surface area contributed by atoms with Gasteiger partial charge >= 0.3 is 0 Å². The van der Waals surface area contributed by atoms with Crippen LogP contribution in [0.15, 0.2) is 24.3 Å². The van der Waals surface area contributed by atoms with E-state index in [9.17, 15) is 14.7 Å². The molecular formula is C19H30N2O3. The normalized spacial score (nSPS) is 12.8.